The van der Waals surface area contributed by atoms with E-state index in [0.717, 1.165) is 25.2 Å². The summed E-state index contributed by atoms with van der Waals surface area (Å²) < 4.78 is 24.6. The summed E-state index contributed by atoms with van der Waals surface area (Å²) in [6.45, 7) is 2.14. The van der Waals surface area contributed by atoms with Gasteiger partial charge in [0.05, 0.1) is 10.6 Å². The molecule has 0 fully saturated rings. The molecule has 1 amide bonds. The molecule has 5 nitrogen and oxygen atoms in total. The molecule has 3 aromatic carbocycles. The summed E-state index contributed by atoms with van der Waals surface area (Å²) in [5.41, 5.74) is 4.43. The van der Waals surface area contributed by atoms with Gasteiger partial charge < -0.3 is 10.2 Å². The third kappa shape index (κ3) is 5.14. The fourth-order valence-corrected chi connectivity index (χ4v) is 5.18. The molecule has 31 heavy (non-hydrogen) atoms. The number of benzene rings is 3. The van der Waals surface area contributed by atoms with Crippen LogP contribution in [0.25, 0.3) is 0 Å². The second kappa shape index (κ2) is 9.35. The highest BCUT2D eigenvalue weighted by atomic mass is 32.2. The highest BCUT2D eigenvalue weighted by Crippen LogP contribution is 2.24. The standard InChI is InChI=1S/C25H26N2O3S/c28-25(26-16-6-18-31(29,30)24-9-2-1-3-10-24)21-11-13-23(14-12-21)27-17-15-20-7-4-5-8-22(20)19-27/h1-5,7-14H,6,15-19H2,(H,26,28). The van der Waals surface area contributed by atoms with Crippen LogP contribution in [0.4, 0.5) is 5.69 Å². The van der Waals surface area contributed by atoms with Crippen LogP contribution in [0.5, 0.6) is 0 Å². The Bertz CT molecular complexity index is 1140. The third-order valence-electron chi connectivity index (χ3n) is 5.60. The maximum absolute atomic E-state index is 12.4. The maximum atomic E-state index is 12.4. The van der Waals surface area contributed by atoms with Gasteiger partial charge in [-0.2, -0.15) is 0 Å². The maximum Gasteiger partial charge on any atom is 0.251 e. The van der Waals surface area contributed by atoms with Gasteiger partial charge in [0.2, 0.25) is 0 Å². The van der Waals surface area contributed by atoms with Crippen molar-refractivity contribution in [1.82, 2.24) is 5.32 Å². The number of sulfone groups is 1. The first kappa shape index (κ1) is 21.1. The van der Waals surface area contributed by atoms with Gasteiger partial charge in [-0.05, 0) is 60.4 Å². The lowest BCUT2D eigenvalue weighted by Crippen LogP contribution is -2.30. The Balaban J connectivity index is 1.28. The number of hydrogen-bond donors (Lipinski definition) is 1. The Labute approximate surface area is 183 Å². The van der Waals surface area contributed by atoms with Gasteiger partial charge in [0.15, 0.2) is 9.84 Å². The molecule has 0 aliphatic carbocycles. The van der Waals surface area contributed by atoms with E-state index in [1.165, 1.54) is 11.1 Å². The summed E-state index contributed by atoms with van der Waals surface area (Å²) in [6.07, 6.45) is 1.39. The summed E-state index contributed by atoms with van der Waals surface area (Å²) >= 11 is 0. The predicted molar refractivity (Wildman–Crippen MR) is 123 cm³/mol. The van der Waals surface area contributed by atoms with Crippen LogP contribution in [-0.4, -0.2) is 33.2 Å². The zero-order valence-electron chi connectivity index (χ0n) is 17.3. The molecule has 1 heterocycles. The van der Waals surface area contributed by atoms with Crippen LogP contribution in [0, 0.1) is 0 Å². The summed E-state index contributed by atoms with van der Waals surface area (Å²) in [7, 11) is -3.32. The summed E-state index contributed by atoms with van der Waals surface area (Å²) in [5.74, 6) is -0.181. The fraction of sp³-hybridized carbons (Fsp3) is 0.240. The van der Waals surface area contributed by atoms with E-state index >= 15 is 0 Å². The third-order valence-corrected chi connectivity index (χ3v) is 7.42. The van der Waals surface area contributed by atoms with Gasteiger partial charge in [-0.3, -0.25) is 4.79 Å². The molecular formula is C25H26N2O3S. The minimum absolute atomic E-state index is 0.00661. The van der Waals surface area contributed by atoms with Crippen LogP contribution in [0.15, 0.2) is 83.8 Å². The van der Waals surface area contributed by atoms with Crippen molar-refractivity contribution in [2.24, 2.45) is 0 Å². The van der Waals surface area contributed by atoms with Crippen LogP contribution in [0.2, 0.25) is 0 Å². The molecule has 1 aliphatic rings. The SMILES string of the molecule is O=C(NCCCS(=O)(=O)c1ccccc1)c1ccc(N2CCc3ccccc3C2)cc1. The Morgan fingerprint density at radius 3 is 2.29 bits per heavy atom. The highest BCUT2D eigenvalue weighted by Gasteiger charge is 2.17. The molecule has 3 aromatic rings. The predicted octanol–water partition coefficient (Wildman–Crippen LogP) is 3.84. The first-order valence-corrected chi connectivity index (χ1v) is 12.2. The smallest absolute Gasteiger partial charge is 0.251 e. The lowest BCUT2D eigenvalue weighted by molar-refractivity contribution is 0.0953. The van der Waals surface area contributed by atoms with Crippen LogP contribution in [0.1, 0.15) is 27.9 Å². The number of amides is 1. The topological polar surface area (TPSA) is 66.5 Å². The van der Waals surface area contributed by atoms with Gasteiger partial charge in [-0.1, -0.05) is 42.5 Å². The van der Waals surface area contributed by atoms with E-state index < -0.39 is 9.84 Å². The molecular weight excluding hydrogens is 408 g/mol. The van der Waals surface area contributed by atoms with Crippen LogP contribution in [0.3, 0.4) is 0 Å². The first-order chi connectivity index (χ1) is 15.0. The minimum Gasteiger partial charge on any atom is -0.367 e. The molecule has 1 aliphatic heterocycles. The van der Waals surface area contributed by atoms with Crippen LogP contribution in [-0.2, 0) is 22.8 Å². The van der Waals surface area contributed by atoms with Gasteiger partial charge >= 0.3 is 0 Å². The zero-order chi connectivity index (χ0) is 21.7. The second-order valence-electron chi connectivity index (χ2n) is 7.73. The van der Waals surface area contributed by atoms with E-state index in [4.69, 9.17) is 0 Å². The number of nitrogens with zero attached hydrogens (tertiary/aromatic N) is 1. The Hall–Kier alpha value is -3.12. The first-order valence-electron chi connectivity index (χ1n) is 10.5. The summed E-state index contributed by atoms with van der Waals surface area (Å²) in [4.78, 5) is 15.1. The molecule has 160 valence electrons. The number of rotatable bonds is 7. The van der Waals surface area contributed by atoms with Crippen molar-refractivity contribution in [3.8, 4) is 0 Å². The normalized spacial score (nSPS) is 13.5. The second-order valence-corrected chi connectivity index (χ2v) is 9.84. The van der Waals surface area contributed by atoms with Crippen LogP contribution < -0.4 is 10.2 Å². The average Bonchev–Trinajstić information content (AvgIpc) is 2.82. The molecule has 1 N–H and O–H groups in total. The Kier molecular flexibility index (Phi) is 6.37. The number of hydrogen-bond acceptors (Lipinski definition) is 4. The molecule has 0 radical (unpaired) electrons. The van der Waals surface area contributed by atoms with Gasteiger partial charge in [0, 0.05) is 30.9 Å². The van der Waals surface area contributed by atoms with Crippen LogP contribution >= 0.6 is 0 Å². The largest absolute Gasteiger partial charge is 0.367 e. The molecule has 0 unspecified atom stereocenters. The zero-order valence-corrected chi connectivity index (χ0v) is 18.1. The number of fused-ring (bicyclic) bond motifs is 1. The Morgan fingerprint density at radius 2 is 1.55 bits per heavy atom. The Morgan fingerprint density at radius 1 is 0.871 bits per heavy atom. The van der Waals surface area contributed by atoms with Crippen molar-refractivity contribution in [1.29, 1.82) is 0 Å². The van der Waals surface area contributed by atoms with E-state index in [1.54, 1.807) is 30.3 Å². The van der Waals surface area contributed by atoms with E-state index in [-0.39, 0.29) is 11.7 Å². The molecule has 0 saturated heterocycles. The molecule has 6 heteroatoms. The number of nitrogens with one attached hydrogen (secondary N) is 1. The van der Waals surface area contributed by atoms with Gasteiger partial charge in [0.1, 0.15) is 0 Å². The average molecular weight is 435 g/mol. The molecule has 0 bridgehead atoms. The van der Waals surface area contributed by atoms with Gasteiger partial charge in [-0.25, -0.2) is 8.42 Å². The molecule has 0 atom stereocenters. The summed E-state index contributed by atoms with van der Waals surface area (Å²) in [5, 5.41) is 2.82. The quantitative estimate of drug-likeness (QED) is 0.574. The highest BCUT2D eigenvalue weighted by molar-refractivity contribution is 7.91. The lowest BCUT2D eigenvalue weighted by Gasteiger charge is -2.30. The minimum atomic E-state index is -3.32. The summed E-state index contributed by atoms with van der Waals surface area (Å²) in [6, 6.07) is 24.5. The molecule has 0 saturated carbocycles. The molecule has 0 aromatic heterocycles. The number of anilines is 1. The van der Waals surface area contributed by atoms with Crippen molar-refractivity contribution < 1.29 is 13.2 Å². The van der Waals surface area contributed by atoms with Crippen molar-refractivity contribution in [3.63, 3.8) is 0 Å². The van der Waals surface area contributed by atoms with Gasteiger partial charge in [0.25, 0.3) is 5.91 Å². The van der Waals surface area contributed by atoms with E-state index in [0.29, 0.717) is 23.4 Å². The van der Waals surface area contributed by atoms with E-state index in [1.807, 2.05) is 24.3 Å². The number of carbonyl (C=O) groups is 1. The van der Waals surface area contributed by atoms with Crippen molar-refractivity contribution >= 4 is 21.4 Å². The monoisotopic (exact) mass is 434 g/mol. The molecule has 4 rings (SSSR count). The van der Waals surface area contributed by atoms with Gasteiger partial charge in [-0.15, -0.1) is 0 Å². The number of carbonyl (C=O) groups excluding carboxylic acids is 1. The van der Waals surface area contributed by atoms with Crippen molar-refractivity contribution in [2.75, 3.05) is 23.7 Å². The van der Waals surface area contributed by atoms with E-state index in [2.05, 4.69) is 34.5 Å². The van der Waals surface area contributed by atoms with Crippen molar-refractivity contribution in [2.45, 2.75) is 24.3 Å². The van der Waals surface area contributed by atoms with E-state index in [9.17, 15) is 13.2 Å². The molecule has 0 spiro atoms. The van der Waals surface area contributed by atoms with Crippen molar-refractivity contribution in [3.05, 3.63) is 95.6 Å². The lowest BCUT2D eigenvalue weighted by atomic mass is 9.99. The fourth-order valence-electron chi connectivity index (χ4n) is 3.85.